The standard InChI is InChI=1S/C13H20F2N2O2S/c14-13(15)20(18,19)12-8-4-3-7-11(12)17-10-6-2-1-5-9-16/h3-4,7-8,13,17H,1-2,5-6,9-10,16H2. The topological polar surface area (TPSA) is 72.2 Å². The van der Waals surface area contributed by atoms with Crippen molar-refractivity contribution >= 4 is 15.5 Å². The van der Waals surface area contributed by atoms with Crippen LogP contribution >= 0.6 is 0 Å². The summed E-state index contributed by atoms with van der Waals surface area (Å²) in [7, 11) is -4.57. The van der Waals surface area contributed by atoms with Crippen LogP contribution in [0.2, 0.25) is 0 Å². The summed E-state index contributed by atoms with van der Waals surface area (Å²) in [4.78, 5) is -0.350. The molecular weight excluding hydrogens is 286 g/mol. The summed E-state index contributed by atoms with van der Waals surface area (Å²) in [5.41, 5.74) is 5.61. The van der Waals surface area contributed by atoms with Crippen molar-refractivity contribution in [2.24, 2.45) is 5.73 Å². The fraction of sp³-hybridized carbons (Fsp3) is 0.538. The van der Waals surface area contributed by atoms with Gasteiger partial charge in [-0.3, -0.25) is 0 Å². The van der Waals surface area contributed by atoms with Crippen LogP contribution < -0.4 is 11.1 Å². The molecule has 0 aliphatic heterocycles. The molecule has 0 aromatic heterocycles. The van der Waals surface area contributed by atoms with Gasteiger partial charge < -0.3 is 11.1 Å². The maximum atomic E-state index is 12.6. The first-order chi connectivity index (χ1) is 9.50. The van der Waals surface area contributed by atoms with E-state index >= 15 is 0 Å². The minimum Gasteiger partial charge on any atom is -0.384 e. The third-order valence-corrected chi connectivity index (χ3v) is 4.31. The molecule has 0 spiro atoms. The van der Waals surface area contributed by atoms with Crippen LogP contribution in [0.3, 0.4) is 0 Å². The van der Waals surface area contributed by atoms with E-state index in [1.165, 1.54) is 18.2 Å². The summed E-state index contributed by atoms with van der Waals surface area (Å²) in [5.74, 6) is -3.41. The van der Waals surface area contributed by atoms with Crippen LogP contribution in [-0.2, 0) is 9.84 Å². The number of benzene rings is 1. The maximum absolute atomic E-state index is 12.6. The zero-order valence-corrected chi connectivity index (χ0v) is 12.0. The highest BCUT2D eigenvalue weighted by Crippen LogP contribution is 2.26. The van der Waals surface area contributed by atoms with Gasteiger partial charge in [0.2, 0.25) is 9.84 Å². The predicted molar refractivity (Wildman–Crippen MR) is 75.6 cm³/mol. The van der Waals surface area contributed by atoms with Gasteiger partial charge in [0.15, 0.2) is 0 Å². The van der Waals surface area contributed by atoms with Gasteiger partial charge in [0.05, 0.1) is 10.6 Å². The van der Waals surface area contributed by atoms with Crippen molar-refractivity contribution in [3.8, 4) is 0 Å². The molecular formula is C13H20F2N2O2S. The quantitative estimate of drug-likeness (QED) is 0.688. The number of alkyl halides is 2. The molecule has 1 rings (SSSR count). The van der Waals surface area contributed by atoms with E-state index in [0.29, 0.717) is 13.1 Å². The summed E-state index contributed by atoms with van der Waals surface area (Å²) in [6, 6.07) is 5.73. The summed E-state index contributed by atoms with van der Waals surface area (Å²) >= 11 is 0. The van der Waals surface area contributed by atoms with Crippen LogP contribution in [0, 0.1) is 0 Å². The van der Waals surface area contributed by atoms with Gasteiger partial charge >= 0.3 is 5.76 Å². The molecule has 0 aliphatic rings. The highest BCUT2D eigenvalue weighted by atomic mass is 32.2. The fourth-order valence-electron chi connectivity index (χ4n) is 1.80. The van der Waals surface area contributed by atoms with Crippen molar-refractivity contribution in [2.75, 3.05) is 18.4 Å². The molecule has 20 heavy (non-hydrogen) atoms. The minimum absolute atomic E-state index is 0.228. The Hall–Kier alpha value is -1.21. The molecule has 3 N–H and O–H groups in total. The van der Waals surface area contributed by atoms with E-state index in [-0.39, 0.29) is 10.6 Å². The number of halogens is 2. The molecule has 7 heteroatoms. The minimum atomic E-state index is -4.57. The number of sulfone groups is 1. The lowest BCUT2D eigenvalue weighted by Crippen LogP contribution is -2.14. The summed E-state index contributed by atoms with van der Waals surface area (Å²) < 4.78 is 48.2. The van der Waals surface area contributed by atoms with E-state index < -0.39 is 15.6 Å². The number of para-hydroxylation sites is 1. The number of hydrogen-bond donors (Lipinski definition) is 2. The van der Waals surface area contributed by atoms with Crippen molar-refractivity contribution in [1.29, 1.82) is 0 Å². The van der Waals surface area contributed by atoms with Crippen molar-refractivity contribution in [3.63, 3.8) is 0 Å². The molecule has 0 atom stereocenters. The predicted octanol–water partition coefficient (Wildman–Crippen LogP) is 2.61. The molecule has 0 unspecified atom stereocenters. The molecule has 0 bridgehead atoms. The maximum Gasteiger partial charge on any atom is 0.341 e. The Morgan fingerprint density at radius 2 is 1.75 bits per heavy atom. The van der Waals surface area contributed by atoms with E-state index in [9.17, 15) is 17.2 Å². The van der Waals surface area contributed by atoms with Gasteiger partial charge in [-0.2, -0.15) is 8.78 Å². The van der Waals surface area contributed by atoms with Gasteiger partial charge in [-0.05, 0) is 31.5 Å². The highest BCUT2D eigenvalue weighted by Gasteiger charge is 2.28. The lowest BCUT2D eigenvalue weighted by Gasteiger charge is -2.12. The molecule has 114 valence electrons. The summed E-state index contributed by atoms with van der Waals surface area (Å²) in [5, 5.41) is 2.91. The highest BCUT2D eigenvalue weighted by molar-refractivity contribution is 7.91. The third-order valence-electron chi connectivity index (χ3n) is 2.87. The Balaban J connectivity index is 2.63. The number of hydrogen-bond acceptors (Lipinski definition) is 4. The molecule has 0 radical (unpaired) electrons. The first-order valence-corrected chi connectivity index (χ1v) is 8.10. The van der Waals surface area contributed by atoms with Gasteiger partial charge in [-0.15, -0.1) is 0 Å². The van der Waals surface area contributed by atoms with Gasteiger partial charge in [-0.1, -0.05) is 25.0 Å². The zero-order valence-electron chi connectivity index (χ0n) is 11.2. The monoisotopic (exact) mass is 306 g/mol. The molecule has 0 saturated carbocycles. The smallest absolute Gasteiger partial charge is 0.341 e. The van der Waals surface area contributed by atoms with Crippen LogP contribution in [0.25, 0.3) is 0 Å². The zero-order chi connectivity index (χ0) is 15.0. The Bertz CT molecular complexity index is 507. The number of nitrogens with two attached hydrogens (primary N) is 1. The average molecular weight is 306 g/mol. The second-order valence-electron chi connectivity index (χ2n) is 4.43. The van der Waals surface area contributed by atoms with E-state index in [0.717, 1.165) is 25.7 Å². The summed E-state index contributed by atoms with van der Waals surface area (Å²) in [6.45, 7) is 1.20. The first kappa shape index (κ1) is 16.8. The molecule has 0 heterocycles. The van der Waals surface area contributed by atoms with Crippen LogP contribution in [0.15, 0.2) is 29.2 Å². The van der Waals surface area contributed by atoms with E-state index in [4.69, 9.17) is 5.73 Å². The second-order valence-corrected chi connectivity index (χ2v) is 6.32. The number of unbranched alkanes of at least 4 members (excludes halogenated alkanes) is 3. The molecule has 0 aliphatic carbocycles. The third kappa shape index (κ3) is 4.72. The lowest BCUT2D eigenvalue weighted by molar-refractivity contribution is 0.235. The van der Waals surface area contributed by atoms with E-state index in [2.05, 4.69) is 5.32 Å². The van der Waals surface area contributed by atoms with Crippen LogP contribution in [0.5, 0.6) is 0 Å². The van der Waals surface area contributed by atoms with Gasteiger partial charge in [-0.25, -0.2) is 8.42 Å². The largest absolute Gasteiger partial charge is 0.384 e. The molecule has 4 nitrogen and oxygen atoms in total. The van der Waals surface area contributed by atoms with Crippen molar-refractivity contribution in [2.45, 2.75) is 36.3 Å². The second kappa shape index (κ2) is 8.16. The van der Waals surface area contributed by atoms with E-state index in [1.54, 1.807) is 6.07 Å². The number of nitrogens with one attached hydrogen (secondary N) is 1. The fourth-order valence-corrected chi connectivity index (χ4v) is 2.71. The molecule has 0 fully saturated rings. The molecule has 0 saturated heterocycles. The van der Waals surface area contributed by atoms with Crippen molar-refractivity contribution in [1.82, 2.24) is 0 Å². The van der Waals surface area contributed by atoms with Crippen molar-refractivity contribution < 1.29 is 17.2 Å². The number of anilines is 1. The number of rotatable bonds is 9. The van der Waals surface area contributed by atoms with Crippen LogP contribution in [0.1, 0.15) is 25.7 Å². The van der Waals surface area contributed by atoms with Crippen molar-refractivity contribution in [3.05, 3.63) is 24.3 Å². The van der Waals surface area contributed by atoms with Gasteiger partial charge in [0.25, 0.3) is 0 Å². The Morgan fingerprint density at radius 1 is 1.10 bits per heavy atom. The first-order valence-electron chi connectivity index (χ1n) is 6.55. The SMILES string of the molecule is NCCCCCCNc1ccccc1S(=O)(=O)C(F)F. The average Bonchev–Trinajstić information content (AvgIpc) is 2.43. The Morgan fingerprint density at radius 3 is 2.40 bits per heavy atom. The Kier molecular flexibility index (Phi) is 6.87. The summed E-state index contributed by atoms with van der Waals surface area (Å²) in [6.07, 6.45) is 3.77. The Labute approximate surface area is 118 Å². The normalized spacial score (nSPS) is 11.8. The van der Waals surface area contributed by atoms with E-state index in [1.807, 2.05) is 0 Å². The van der Waals surface area contributed by atoms with Crippen LogP contribution in [-0.4, -0.2) is 27.3 Å². The molecule has 1 aromatic rings. The molecule has 1 aromatic carbocycles. The molecule has 0 amide bonds. The lowest BCUT2D eigenvalue weighted by atomic mass is 10.2. The van der Waals surface area contributed by atoms with Crippen LogP contribution in [0.4, 0.5) is 14.5 Å². The van der Waals surface area contributed by atoms with Gasteiger partial charge in [0.1, 0.15) is 0 Å². The van der Waals surface area contributed by atoms with Gasteiger partial charge in [0, 0.05) is 6.54 Å².